The first kappa shape index (κ1) is 12.8. The van der Waals surface area contributed by atoms with Gasteiger partial charge in [0.15, 0.2) is 5.82 Å². The molecule has 6 heteroatoms. The summed E-state index contributed by atoms with van der Waals surface area (Å²) < 4.78 is 27.2. The summed E-state index contributed by atoms with van der Waals surface area (Å²) in [6.45, 7) is 1.22. The number of rotatable bonds is 2. The number of hydrogen-bond acceptors (Lipinski definition) is 3. The number of carbonyl (C=O) groups excluding carboxylic acids is 1. The van der Waals surface area contributed by atoms with Gasteiger partial charge >= 0.3 is 0 Å². The molecule has 0 bridgehead atoms. The number of anilines is 2. The predicted molar refractivity (Wildman–Crippen MR) is 65.7 cm³/mol. The molecular formula is C12H15F2N3O. The highest BCUT2D eigenvalue weighted by atomic mass is 19.1. The molecule has 98 valence electrons. The van der Waals surface area contributed by atoms with Gasteiger partial charge in [-0.2, -0.15) is 0 Å². The largest absolute Gasteiger partial charge is 0.368 e. The summed E-state index contributed by atoms with van der Waals surface area (Å²) in [5, 5.41) is 0. The lowest BCUT2D eigenvalue weighted by Crippen LogP contribution is -2.30. The highest BCUT2D eigenvalue weighted by Gasteiger charge is 2.27. The van der Waals surface area contributed by atoms with Crippen molar-refractivity contribution in [3.8, 4) is 0 Å². The molecule has 0 aromatic heterocycles. The van der Waals surface area contributed by atoms with E-state index in [1.54, 1.807) is 4.90 Å². The zero-order valence-corrected chi connectivity index (χ0v) is 10.1. The van der Waals surface area contributed by atoms with E-state index in [4.69, 9.17) is 5.73 Å². The van der Waals surface area contributed by atoms with Crippen LogP contribution >= 0.6 is 0 Å². The number of halogens is 2. The number of carbonyl (C=O) groups is 1. The first-order chi connectivity index (χ1) is 8.54. The van der Waals surface area contributed by atoms with Gasteiger partial charge in [0.05, 0.1) is 5.69 Å². The molecule has 1 aliphatic heterocycles. The van der Waals surface area contributed by atoms with Crippen LogP contribution < -0.4 is 15.5 Å². The lowest BCUT2D eigenvalue weighted by atomic mass is 10.2. The van der Waals surface area contributed by atoms with Gasteiger partial charge < -0.3 is 15.5 Å². The summed E-state index contributed by atoms with van der Waals surface area (Å²) in [6.07, 6.45) is 0.256. The molecular weight excluding hydrogens is 240 g/mol. The van der Waals surface area contributed by atoms with Crippen molar-refractivity contribution in [3.63, 3.8) is 0 Å². The Morgan fingerprint density at radius 3 is 2.78 bits per heavy atom. The van der Waals surface area contributed by atoms with Crippen LogP contribution in [-0.2, 0) is 4.79 Å². The molecule has 1 heterocycles. The third-order valence-electron chi connectivity index (χ3n) is 3.05. The molecule has 0 saturated heterocycles. The van der Waals surface area contributed by atoms with Crippen molar-refractivity contribution in [1.82, 2.24) is 0 Å². The second kappa shape index (κ2) is 4.89. The molecule has 1 aliphatic rings. The molecule has 18 heavy (non-hydrogen) atoms. The van der Waals surface area contributed by atoms with Crippen molar-refractivity contribution < 1.29 is 13.6 Å². The summed E-state index contributed by atoms with van der Waals surface area (Å²) in [5.41, 5.74) is 5.98. The van der Waals surface area contributed by atoms with Crippen molar-refractivity contribution in [2.45, 2.75) is 6.42 Å². The summed E-state index contributed by atoms with van der Waals surface area (Å²) in [4.78, 5) is 14.7. The molecule has 0 fully saturated rings. The van der Waals surface area contributed by atoms with Crippen LogP contribution in [0.25, 0.3) is 0 Å². The highest BCUT2D eigenvalue weighted by molar-refractivity contribution is 5.98. The number of nitrogens with two attached hydrogens (primary N) is 1. The van der Waals surface area contributed by atoms with E-state index >= 15 is 0 Å². The van der Waals surface area contributed by atoms with E-state index in [2.05, 4.69) is 0 Å². The lowest BCUT2D eigenvalue weighted by molar-refractivity contribution is -0.118. The Balaban J connectivity index is 2.57. The van der Waals surface area contributed by atoms with Gasteiger partial charge in [-0.25, -0.2) is 8.78 Å². The van der Waals surface area contributed by atoms with Gasteiger partial charge in [0.25, 0.3) is 0 Å². The Kier molecular flexibility index (Phi) is 3.47. The average Bonchev–Trinajstić information content (AvgIpc) is 2.42. The standard InChI is InChI=1S/C12H15F2N3O/c1-16-11(18)2-4-17(5-3-15)10-7-8(13)6-9(14)12(10)16/h6-7H,2-5,15H2,1H3. The molecule has 1 aromatic rings. The van der Waals surface area contributed by atoms with E-state index in [0.717, 1.165) is 6.07 Å². The van der Waals surface area contributed by atoms with Crippen LogP contribution in [0, 0.1) is 11.6 Å². The van der Waals surface area contributed by atoms with Crippen molar-refractivity contribution >= 4 is 17.3 Å². The summed E-state index contributed by atoms with van der Waals surface area (Å²) in [6, 6.07) is 2.03. The fourth-order valence-corrected chi connectivity index (χ4v) is 2.16. The van der Waals surface area contributed by atoms with E-state index < -0.39 is 11.6 Å². The second-order valence-corrected chi connectivity index (χ2v) is 4.23. The maximum atomic E-state index is 13.9. The summed E-state index contributed by atoms with van der Waals surface area (Å²) in [5.74, 6) is -1.58. The molecule has 0 unspecified atom stereocenters. The van der Waals surface area contributed by atoms with E-state index in [-0.39, 0.29) is 18.0 Å². The van der Waals surface area contributed by atoms with Crippen LogP contribution in [0.5, 0.6) is 0 Å². The van der Waals surface area contributed by atoms with Gasteiger partial charge in [0, 0.05) is 39.2 Å². The van der Waals surface area contributed by atoms with Crippen LogP contribution in [0.3, 0.4) is 0 Å². The third kappa shape index (κ3) is 2.15. The first-order valence-electron chi connectivity index (χ1n) is 5.75. The van der Waals surface area contributed by atoms with Gasteiger partial charge in [-0.1, -0.05) is 0 Å². The maximum Gasteiger partial charge on any atom is 0.228 e. The Morgan fingerprint density at radius 1 is 1.39 bits per heavy atom. The maximum absolute atomic E-state index is 13.9. The molecule has 0 atom stereocenters. The predicted octanol–water partition coefficient (Wildman–Crippen LogP) is 1.10. The first-order valence-corrected chi connectivity index (χ1v) is 5.75. The van der Waals surface area contributed by atoms with Gasteiger partial charge in [-0.05, 0) is 6.07 Å². The zero-order chi connectivity index (χ0) is 13.3. The van der Waals surface area contributed by atoms with Gasteiger partial charge in [-0.15, -0.1) is 0 Å². The fourth-order valence-electron chi connectivity index (χ4n) is 2.16. The molecule has 1 amide bonds. The van der Waals surface area contributed by atoms with Gasteiger partial charge in [-0.3, -0.25) is 4.79 Å². The monoisotopic (exact) mass is 255 g/mol. The Hall–Kier alpha value is -1.69. The fraction of sp³-hybridized carbons (Fsp3) is 0.417. The number of nitrogens with zero attached hydrogens (tertiary/aromatic N) is 2. The Bertz CT molecular complexity index is 479. The highest BCUT2D eigenvalue weighted by Crippen LogP contribution is 2.35. The quantitative estimate of drug-likeness (QED) is 0.860. The minimum Gasteiger partial charge on any atom is -0.368 e. The third-order valence-corrected chi connectivity index (χ3v) is 3.05. The Morgan fingerprint density at radius 2 is 2.11 bits per heavy atom. The van der Waals surface area contributed by atoms with E-state index in [0.29, 0.717) is 25.3 Å². The SMILES string of the molecule is CN1C(=O)CCN(CCN)c2cc(F)cc(F)c21. The summed E-state index contributed by atoms with van der Waals surface area (Å²) in [7, 11) is 1.49. The van der Waals surface area contributed by atoms with E-state index in [9.17, 15) is 13.6 Å². The minimum atomic E-state index is -0.732. The number of hydrogen-bond donors (Lipinski definition) is 1. The molecule has 1 aromatic carbocycles. The molecule has 0 saturated carbocycles. The smallest absolute Gasteiger partial charge is 0.228 e. The van der Waals surface area contributed by atoms with E-state index in [1.807, 2.05) is 0 Å². The topological polar surface area (TPSA) is 49.6 Å². The van der Waals surface area contributed by atoms with Crippen LogP contribution in [-0.4, -0.2) is 32.6 Å². The molecule has 4 nitrogen and oxygen atoms in total. The average molecular weight is 255 g/mol. The van der Waals surface area contributed by atoms with Crippen molar-refractivity contribution in [3.05, 3.63) is 23.8 Å². The normalized spacial score (nSPS) is 15.7. The van der Waals surface area contributed by atoms with Crippen molar-refractivity contribution in [1.29, 1.82) is 0 Å². The van der Waals surface area contributed by atoms with Crippen LogP contribution in [0.2, 0.25) is 0 Å². The minimum absolute atomic E-state index is 0.118. The molecule has 0 radical (unpaired) electrons. The Labute approximate surface area is 104 Å². The lowest BCUT2D eigenvalue weighted by Gasteiger charge is -2.25. The summed E-state index contributed by atoms with van der Waals surface area (Å²) >= 11 is 0. The number of amides is 1. The van der Waals surface area contributed by atoms with Gasteiger partial charge in [0.1, 0.15) is 11.5 Å². The van der Waals surface area contributed by atoms with Crippen molar-refractivity contribution in [2.24, 2.45) is 5.73 Å². The molecule has 2 rings (SSSR count). The molecule has 0 aliphatic carbocycles. The van der Waals surface area contributed by atoms with Crippen LogP contribution in [0.4, 0.5) is 20.2 Å². The van der Waals surface area contributed by atoms with E-state index in [1.165, 1.54) is 18.0 Å². The van der Waals surface area contributed by atoms with Crippen molar-refractivity contribution in [2.75, 3.05) is 36.5 Å². The number of fused-ring (bicyclic) bond motifs is 1. The van der Waals surface area contributed by atoms with Crippen LogP contribution in [0.15, 0.2) is 12.1 Å². The van der Waals surface area contributed by atoms with Gasteiger partial charge in [0.2, 0.25) is 5.91 Å². The van der Waals surface area contributed by atoms with Crippen LogP contribution in [0.1, 0.15) is 6.42 Å². The number of benzene rings is 1. The second-order valence-electron chi connectivity index (χ2n) is 4.23. The molecule has 0 spiro atoms. The zero-order valence-electron chi connectivity index (χ0n) is 10.1. The molecule has 2 N–H and O–H groups in total.